The van der Waals surface area contributed by atoms with E-state index in [1.165, 1.54) is 83.1 Å². The monoisotopic (exact) mass is 650 g/mol. The smallest absolute Gasteiger partial charge is 0.139 e. The van der Waals surface area contributed by atoms with Crippen LogP contribution in [-0.2, 0) is 10.8 Å². The van der Waals surface area contributed by atoms with Gasteiger partial charge in [-0.1, -0.05) is 172 Å². The van der Waals surface area contributed by atoms with Gasteiger partial charge in [-0.15, -0.1) is 0 Å². The summed E-state index contributed by atoms with van der Waals surface area (Å²) in [5.74, 6) is 1.89. The van der Waals surface area contributed by atoms with E-state index in [9.17, 15) is 0 Å². The van der Waals surface area contributed by atoms with Crippen LogP contribution in [0.1, 0.15) is 47.2 Å². The summed E-state index contributed by atoms with van der Waals surface area (Å²) in [6, 6.07) is 62.9. The lowest BCUT2D eigenvalue weighted by atomic mass is 9.70. The second kappa shape index (κ2) is 10.2. The SMILES string of the molecule is CC1(C)c2ccccc2Oc2c(-c3ccc(-c4ccc5c(c4)C4(c6ccccc6-c6ccccc64)c4ccccc4-5)c4ccccc34)cccc21. The van der Waals surface area contributed by atoms with Crippen LogP contribution in [0.5, 0.6) is 11.5 Å². The van der Waals surface area contributed by atoms with E-state index in [-0.39, 0.29) is 10.8 Å². The molecule has 11 rings (SSSR count). The molecular weight excluding hydrogens is 617 g/mol. The Labute approximate surface area is 298 Å². The molecule has 240 valence electrons. The molecule has 51 heavy (non-hydrogen) atoms. The van der Waals surface area contributed by atoms with Crippen LogP contribution in [0, 0.1) is 0 Å². The molecule has 0 amide bonds. The van der Waals surface area contributed by atoms with Crippen LogP contribution >= 0.6 is 0 Å². The van der Waals surface area contributed by atoms with Gasteiger partial charge in [-0.05, 0) is 84.1 Å². The van der Waals surface area contributed by atoms with Crippen molar-refractivity contribution in [2.75, 3.05) is 0 Å². The molecule has 1 aliphatic heterocycles. The Hall–Kier alpha value is -6.18. The molecule has 0 atom stereocenters. The minimum atomic E-state index is -0.367. The minimum absolute atomic E-state index is 0.175. The van der Waals surface area contributed by atoms with E-state index >= 15 is 0 Å². The maximum Gasteiger partial charge on any atom is 0.139 e. The van der Waals surface area contributed by atoms with Crippen molar-refractivity contribution in [1.29, 1.82) is 0 Å². The average molecular weight is 651 g/mol. The van der Waals surface area contributed by atoms with Gasteiger partial charge in [-0.3, -0.25) is 0 Å². The van der Waals surface area contributed by atoms with Crippen molar-refractivity contribution in [1.82, 2.24) is 0 Å². The molecule has 1 heterocycles. The number of hydrogen-bond donors (Lipinski definition) is 0. The Morgan fingerprint density at radius 1 is 0.353 bits per heavy atom. The fraction of sp³-hybridized carbons (Fsp3) is 0.0800. The van der Waals surface area contributed by atoms with Gasteiger partial charge in [0.2, 0.25) is 0 Å². The van der Waals surface area contributed by atoms with Gasteiger partial charge in [-0.2, -0.15) is 0 Å². The zero-order valence-electron chi connectivity index (χ0n) is 28.6. The first kappa shape index (κ1) is 28.6. The van der Waals surface area contributed by atoms with Crippen molar-refractivity contribution < 1.29 is 4.74 Å². The van der Waals surface area contributed by atoms with Crippen LogP contribution < -0.4 is 4.74 Å². The molecule has 0 fully saturated rings. The van der Waals surface area contributed by atoms with Crippen molar-refractivity contribution >= 4 is 10.8 Å². The zero-order chi connectivity index (χ0) is 33.9. The largest absolute Gasteiger partial charge is 0.456 e. The normalized spacial score (nSPS) is 14.9. The Morgan fingerprint density at radius 3 is 1.49 bits per heavy atom. The average Bonchev–Trinajstić information content (AvgIpc) is 3.65. The van der Waals surface area contributed by atoms with Gasteiger partial charge < -0.3 is 4.74 Å². The van der Waals surface area contributed by atoms with Crippen LogP contribution in [0.3, 0.4) is 0 Å². The predicted molar refractivity (Wildman–Crippen MR) is 210 cm³/mol. The van der Waals surface area contributed by atoms with Gasteiger partial charge in [0.05, 0.1) is 5.41 Å². The van der Waals surface area contributed by atoms with Crippen LogP contribution in [0.15, 0.2) is 170 Å². The second-order valence-corrected chi connectivity index (χ2v) is 14.8. The highest BCUT2D eigenvalue weighted by Crippen LogP contribution is 2.63. The van der Waals surface area contributed by atoms with E-state index in [1.807, 2.05) is 0 Å². The quantitative estimate of drug-likeness (QED) is 0.181. The molecule has 0 saturated carbocycles. The van der Waals surface area contributed by atoms with E-state index in [0.717, 1.165) is 17.1 Å². The van der Waals surface area contributed by atoms with Crippen LogP contribution in [0.4, 0.5) is 0 Å². The number of fused-ring (bicyclic) bond motifs is 13. The molecule has 2 aliphatic carbocycles. The van der Waals surface area contributed by atoms with Gasteiger partial charge in [0.15, 0.2) is 0 Å². The van der Waals surface area contributed by atoms with Gasteiger partial charge in [-0.25, -0.2) is 0 Å². The Balaban J connectivity index is 1.13. The summed E-state index contributed by atoms with van der Waals surface area (Å²) >= 11 is 0. The predicted octanol–water partition coefficient (Wildman–Crippen LogP) is 12.9. The number of rotatable bonds is 2. The van der Waals surface area contributed by atoms with Gasteiger partial charge in [0, 0.05) is 22.1 Å². The number of benzene rings is 8. The van der Waals surface area contributed by atoms with Crippen molar-refractivity contribution in [3.8, 4) is 56.0 Å². The Morgan fingerprint density at radius 2 is 0.824 bits per heavy atom. The van der Waals surface area contributed by atoms with E-state index in [0.29, 0.717) is 0 Å². The van der Waals surface area contributed by atoms with E-state index in [2.05, 4.69) is 184 Å². The fourth-order valence-electron chi connectivity index (χ4n) is 9.73. The molecule has 1 heteroatoms. The summed E-state index contributed by atoms with van der Waals surface area (Å²) in [6.07, 6.45) is 0. The molecule has 0 saturated heterocycles. The highest BCUT2D eigenvalue weighted by molar-refractivity contribution is 6.06. The van der Waals surface area contributed by atoms with Crippen LogP contribution in [0.2, 0.25) is 0 Å². The lowest BCUT2D eigenvalue weighted by Gasteiger charge is -2.35. The van der Waals surface area contributed by atoms with E-state index < -0.39 is 0 Å². The zero-order valence-corrected chi connectivity index (χ0v) is 28.6. The first-order chi connectivity index (χ1) is 25.1. The molecule has 1 nitrogen and oxygen atoms in total. The van der Waals surface area contributed by atoms with E-state index in [4.69, 9.17) is 4.74 Å². The van der Waals surface area contributed by atoms with Gasteiger partial charge in [0.25, 0.3) is 0 Å². The van der Waals surface area contributed by atoms with E-state index in [1.54, 1.807) is 0 Å². The molecule has 0 aromatic heterocycles. The van der Waals surface area contributed by atoms with Crippen molar-refractivity contribution in [3.63, 3.8) is 0 Å². The molecule has 1 spiro atoms. The third kappa shape index (κ3) is 3.65. The first-order valence-corrected chi connectivity index (χ1v) is 17.9. The lowest BCUT2D eigenvalue weighted by molar-refractivity contribution is 0.419. The summed E-state index contributed by atoms with van der Waals surface area (Å²) < 4.78 is 6.75. The number of hydrogen-bond acceptors (Lipinski definition) is 1. The summed E-state index contributed by atoms with van der Waals surface area (Å²) in [5.41, 5.74) is 17.4. The first-order valence-electron chi connectivity index (χ1n) is 17.9. The molecular formula is C50H34O. The van der Waals surface area contributed by atoms with Crippen molar-refractivity contribution in [2.45, 2.75) is 24.7 Å². The molecule has 0 bridgehead atoms. The van der Waals surface area contributed by atoms with Crippen molar-refractivity contribution in [3.05, 3.63) is 203 Å². The molecule has 3 aliphatic rings. The Bertz CT molecular complexity index is 2700. The molecule has 8 aromatic carbocycles. The second-order valence-electron chi connectivity index (χ2n) is 14.8. The lowest BCUT2D eigenvalue weighted by Crippen LogP contribution is -2.25. The number of ether oxygens (including phenoxy) is 1. The highest BCUT2D eigenvalue weighted by Gasteiger charge is 2.51. The summed E-state index contributed by atoms with van der Waals surface area (Å²) in [4.78, 5) is 0. The fourth-order valence-corrected chi connectivity index (χ4v) is 9.73. The Kier molecular flexibility index (Phi) is 5.72. The molecule has 0 radical (unpaired) electrons. The maximum absolute atomic E-state index is 6.75. The van der Waals surface area contributed by atoms with Crippen LogP contribution in [0.25, 0.3) is 55.3 Å². The van der Waals surface area contributed by atoms with Crippen molar-refractivity contribution in [2.24, 2.45) is 0 Å². The minimum Gasteiger partial charge on any atom is -0.456 e. The molecule has 8 aromatic rings. The van der Waals surface area contributed by atoms with Crippen LogP contribution in [-0.4, -0.2) is 0 Å². The standard InChI is InChI=1S/C50H34O/c1-49(2)44-23-11-12-25-47(44)51-48-40(19-13-24-45(48)49)35-29-28-32(33-14-3-4-15-34(33)35)31-26-27-39-38-18-7-10-22-43(38)50(46(39)30-31)41-20-8-5-16-36(41)37-17-6-9-21-42(37)50/h3-30H,1-2H3. The third-order valence-electron chi connectivity index (χ3n) is 12.0. The molecule has 0 N–H and O–H groups in total. The molecule has 0 unspecified atom stereocenters. The summed E-state index contributed by atoms with van der Waals surface area (Å²) in [5, 5.41) is 2.46. The van der Waals surface area contributed by atoms with Gasteiger partial charge in [0.1, 0.15) is 11.5 Å². The summed E-state index contributed by atoms with van der Waals surface area (Å²) in [7, 11) is 0. The van der Waals surface area contributed by atoms with Gasteiger partial charge >= 0.3 is 0 Å². The number of para-hydroxylation sites is 2. The highest BCUT2D eigenvalue weighted by atomic mass is 16.5. The summed E-state index contributed by atoms with van der Waals surface area (Å²) in [6.45, 7) is 4.61. The third-order valence-corrected chi connectivity index (χ3v) is 12.0. The maximum atomic E-state index is 6.75. The topological polar surface area (TPSA) is 9.23 Å².